The van der Waals surface area contributed by atoms with Crippen LogP contribution in [0.15, 0.2) is 0 Å². The normalized spacial score (nSPS) is 36.7. The van der Waals surface area contributed by atoms with Gasteiger partial charge in [0.2, 0.25) is 21.8 Å². The molecule has 7 nitrogen and oxygen atoms in total. The number of carbonyl (C=O) groups excluding carboxylic acids is 3. The average Bonchev–Trinajstić information content (AvgIpc) is 2.60. The SMILES string of the molecule is O=C1CCC(N2C(=O)C3CCCCC3S2(=O)=O)C(=O)N1. The zero-order valence-electron chi connectivity index (χ0n) is 10.9. The predicted molar refractivity (Wildman–Crippen MR) is 67.7 cm³/mol. The third-order valence-electron chi connectivity index (χ3n) is 4.39. The molecule has 3 unspecified atom stereocenters. The summed E-state index contributed by atoms with van der Waals surface area (Å²) in [6, 6.07) is -1.06. The van der Waals surface area contributed by atoms with Crippen LogP contribution >= 0.6 is 0 Å². The molecule has 0 bridgehead atoms. The maximum atomic E-state index is 12.5. The molecule has 110 valence electrons. The van der Waals surface area contributed by atoms with Gasteiger partial charge in [-0.2, -0.15) is 0 Å². The Morgan fingerprint density at radius 1 is 1.05 bits per heavy atom. The highest BCUT2D eigenvalue weighted by atomic mass is 32.2. The van der Waals surface area contributed by atoms with Crippen molar-refractivity contribution in [3.05, 3.63) is 0 Å². The summed E-state index contributed by atoms with van der Waals surface area (Å²) < 4.78 is 25.8. The van der Waals surface area contributed by atoms with Gasteiger partial charge in [0.1, 0.15) is 6.04 Å². The van der Waals surface area contributed by atoms with Crippen LogP contribution in [0.25, 0.3) is 0 Å². The first-order valence-electron chi connectivity index (χ1n) is 6.83. The molecule has 0 spiro atoms. The van der Waals surface area contributed by atoms with E-state index >= 15 is 0 Å². The van der Waals surface area contributed by atoms with Crippen molar-refractivity contribution in [1.29, 1.82) is 0 Å². The van der Waals surface area contributed by atoms with Gasteiger partial charge in [0.25, 0.3) is 5.91 Å². The fourth-order valence-electron chi connectivity index (χ4n) is 3.41. The molecule has 2 saturated heterocycles. The number of piperidine rings is 1. The first kappa shape index (κ1) is 13.5. The van der Waals surface area contributed by atoms with E-state index in [1.165, 1.54) is 0 Å². The van der Waals surface area contributed by atoms with E-state index in [-0.39, 0.29) is 12.8 Å². The van der Waals surface area contributed by atoms with E-state index in [2.05, 4.69) is 5.32 Å². The van der Waals surface area contributed by atoms with Gasteiger partial charge in [0, 0.05) is 6.42 Å². The summed E-state index contributed by atoms with van der Waals surface area (Å²) in [4.78, 5) is 35.3. The van der Waals surface area contributed by atoms with Crippen molar-refractivity contribution in [3.8, 4) is 0 Å². The molecule has 3 fully saturated rings. The molecular weight excluding hydrogens is 284 g/mol. The summed E-state index contributed by atoms with van der Waals surface area (Å²) in [6.45, 7) is 0. The van der Waals surface area contributed by atoms with Gasteiger partial charge >= 0.3 is 0 Å². The standard InChI is InChI=1S/C12H16N2O5S/c15-10-6-5-8(11(16)13-10)14-12(17)7-3-1-2-4-9(7)20(14,18)19/h7-9H,1-6H2,(H,13,15,16). The van der Waals surface area contributed by atoms with Crippen molar-refractivity contribution in [2.45, 2.75) is 49.8 Å². The van der Waals surface area contributed by atoms with Crippen LogP contribution < -0.4 is 5.32 Å². The molecule has 1 saturated carbocycles. The number of amides is 3. The minimum absolute atomic E-state index is 0.0606. The maximum absolute atomic E-state index is 12.5. The lowest BCUT2D eigenvalue weighted by molar-refractivity contribution is -0.142. The summed E-state index contributed by atoms with van der Waals surface area (Å²) in [5, 5.41) is 1.42. The molecule has 20 heavy (non-hydrogen) atoms. The Balaban J connectivity index is 1.94. The van der Waals surface area contributed by atoms with Crippen molar-refractivity contribution < 1.29 is 22.8 Å². The van der Waals surface area contributed by atoms with Gasteiger partial charge < -0.3 is 0 Å². The van der Waals surface area contributed by atoms with Gasteiger partial charge in [0.15, 0.2) is 0 Å². The van der Waals surface area contributed by atoms with Gasteiger partial charge in [-0.25, -0.2) is 12.7 Å². The minimum atomic E-state index is -3.78. The molecule has 3 aliphatic rings. The monoisotopic (exact) mass is 300 g/mol. The number of nitrogens with one attached hydrogen (secondary N) is 1. The summed E-state index contributed by atoms with van der Waals surface area (Å²) >= 11 is 0. The topological polar surface area (TPSA) is 101 Å². The van der Waals surface area contributed by atoms with E-state index in [9.17, 15) is 22.8 Å². The molecule has 2 heterocycles. The molecule has 0 aromatic heterocycles. The Morgan fingerprint density at radius 3 is 2.40 bits per heavy atom. The van der Waals surface area contributed by atoms with Crippen LogP contribution in [0.5, 0.6) is 0 Å². The molecule has 0 aromatic rings. The van der Waals surface area contributed by atoms with Crippen molar-refractivity contribution >= 4 is 27.7 Å². The fourth-order valence-corrected chi connectivity index (χ4v) is 5.77. The zero-order chi connectivity index (χ0) is 14.5. The maximum Gasteiger partial charge on any atom is 0.250 e. The number of rotatable bonds is 1. The Kier molecular flexibility index (Phi) is 3.07. The fraction of sp³-hybridized carbons (Fsp3) is 0.750. The number of imide groups is 1. The first-order chi connectivity index (χ1) is 9.43. The lowest BCUT2D eigenvalue weighted by atomic mass is 9.88. The highest BCUT2D eigenvalue weighted by Crippen LogP contribution is 2.40. The van der Waals surface area contributed by atoms with Crippen molar-refractivity contribution in [2.24, 2.45) is 5.92 Å². The number of carbonyl (C=O) groups is 3. The zero-order valence-corrected chi connectivity index (χ0v) is 11.7. The van der Waals surface area contributed by atoms with Crippen LogP contribution in [0.4, 0.5) is 0 Å². The predicted octanol–water partition coefficient (Wildman–Crippen LogP) is -0.478. The number of hydrogen-bond acceptors (Lipinski definition) is 5. The van der Waals surface area contributed by atoms with Crippen LogP contribution in [0.2, 0.25) is 0 Å². The van der Waals surface area contributed by atoms with Crippen LogP contribution in [-0.2, 0) is 24.4 Å². The van der Waals surface area contributed by atoms with E-state index in [4.69, 9.17) is 0 Å². The van der Waals surface area contributed by atoms with Gasteiger partial charge in [-0.3, -0.25) is 19.7 Å². The lowest BCUT2D eigenvalue weighted by Gasteiger charge is -2.28. The van der Waals surface area contributed by atoms with E-state index in [1.807, 2.05) is 0 Å². The van der Waals surface area contributed by atoms with Gasteiger partial charge in [-0.15, -0.1) is 0 Å². The molecule has 2 aliphatic heterocycles. The summed E-state index contributed by atoms with van der Waals surface area (Å²) in [5.41, 5.74) is 0. The number of fused-ring (bicyclic) bond motifs is 1. The van der Waals surface area contributed by atoms with Gasteiger partial charge in [-0.05, 0) is 19.3 Å². The van der Waals surface area contributed by atoms with E-state index < -0.39 is 45.0 Å². The second-order valence-electron chi connectivity index (χ2n) is 5.58. The van der Waals surface area contributed by atoms with Crippen LogP contribution in [0.3, 0.4) is 0 Å². The summed E-state index contributed by atoms with van der Waals surface area (Å²) in [5.74, 6) is -2.09. The summed E-state index contributed by atoms with van der Waals surface area (Å²) in [7, 11) is -3.78. The quantitative estimate of drug-likeness (QED) is 0.659. The lowest BCUT2D eigenvalue weighted by Crippen LogP contribution is -2.54. The minimum Gasteiger partial charge on any atom is -0.295 e. The van der Waals surface area contributed by atoms with Crippen molar-refractivity contribution in [1.82, 2.24) is 9.62 Å². The Hall–Kier alpha value is -1.44. The molecule has 1 N–H and O–H groups in total. The molecule has 0 radical (unpaired) electrons. The third kappa shape index (κ3) is 1.85. The summed E-state index contributed by atoms with van der Waals surface area (Å²) in [6.07, 6.45) is 2.80. The second kappa shape index (κ2) is 4.54. The Morgan fingerprint density at radius 2 is 1.75 bits per heavy atom. The van der Waals surface area contributed by atoms with Gasteiger partial charge in [0.05, 0.1) is 11.2 Å². The van der Waals surface area contributed by atoms with E-state index in [0.717, 1.165) is 17.1 Å². The van der Waals surface area contributed by atoms with Crippen LogP contribution in [0, 0.1) is 5.92 Å². The molecule has 3 atom stereocenters. The molecule has 3 rings (SSSR count). The van der Waals surface area contributed by atoms with E-state index in [0.29, 0.717) is 12.8 Å². The van der Waals surface area contributed by atoms with Gasteiger partial charge in [-0.1, -0.05) is 12.8 Å². The number of sulfonamides is 1. The first-order valence-corrected chi connectivity index (χ1v) is 8.34. The molecule has 8 heteroatoms. The molecule has 0 aromatic carbocycles. The Bertz CT molecular complexity index is 585. The number of hydrogen-bond donors (Lipinski definition) is 1. The van der Waals surface area contributed by atoms with Crippen LogP contribution in [-0.4, -0.2) is 41.7 Å². The molecule has 1 aliphatic carbocycles. The molecule has 3 amide bonds. The largest absolute Gasteiger partial charge is 0.295 e. The van der Waals surface area contributed by atoms with Crippen LogP contribution in [0.1, 0.15) is 38.5 Å². The highest BCUT2D eigenvalue weighted by Gasteiger charge is 2.56. The number of nitrogens with zero attached hydrogens (tertiary/aromatic N) is 1. The second-order valence-corrected chi connectivity index (χ2v) is 7.60. The molecular formula is C12H16N2O5S. The van der Waals surface area contributed by atoms with Crippen molar-refractivity contribution in [3.63, 3.8) is 0 Å². The average molecular weight is 300 g/mol. The Labute approximate surface area is 116 Å². The highest BCUT2D eigenvalue weighted by molar-refractivity contribution is 7.90. The smallest absolute Gasteiger partial charge is 0.250 e. The third-order valence-corrected chi connectivity index (χ3v) is 6.70. The van der Waals surface area contributed by atoms with Crippen molar-refractivity contribution in [2.75, 3.05) is 0 Å². The van der Waals surface area contributed by atoms with E-state index in [1.54, 1.807) is 0 Å².